The van der Waals surface area contributed by atoms with Gasteiger partial charge in [-0.2, -0.15) is 0 Å². The van der Waals surface area contributed by atoms with Gasteiger partial charge < -0.3 is 9.84 Å². The van der Waals surface area contributed by atoms with Crippen LogP contribution in [0.3, 0.4) is 0 Å². The Morgan fingerprint density at radius 2 is 2.05 bits per heavy atom. The third kappa shape index (κ3) is 3.16. The van der Waals surface area contributed by atoms with Gasteiger partial charge in [0, 0.05) is 6.07 Å². The van der Waals surface area contributed by atoms with Crippen LogP contribution in [0.15, 0.2) is 30.5 Å². The number of carbonyl (C=O) groups is 1. The lowest BCUT2D eigenvalue weighted by molar-refractivity contribution is 0.0696. The summed E-state index contributed by atoms with van der Waals surface area (Å²) in [6, 6.07) is 4.79. The molecular weight excluding hydrogens is 371 g/mol. The minimum absolute atomic E-state index is 0.00191. The van der Waals surface area contributed by atoms with Gasteiger partial charge in [-0.3, -0.25) is 0 Å². The van der Waals surface area contributed by atoms with Crippen molar-refractivity contribution >= 4 is 28.6 Å². The zero-order valence-electron chi connectivity index (χ0n) is 9.23. The number of rotatable bonds is 3. The summed E-state index contributed by atoms with van der Waals surface area (Å²) in [6.07, 6.45) is 0.812. The fraction of sp³-hybridized carbons (Fsp3) is 0. The van der Waals surface area contributed by atoms with Crippen LogP contribution >= 0.6 is 22.6 Å². The van der Waals surface area contributed by atoms with E-state index in [1.807, 2.05) is 22.6 Å². The molecule has 0 radical (unpaired) electrons. The van der Waals surface area contributed by atoms with Crippen molar-refractivity contribution in [2.24, 2.45) is 0 Å². The predicted molar refractivity (Wildman–Crippen MR) is 70.3 cm³/mol. The van der Waals surface area contributed by atoms with Gasteiger partial charge in [0.15, 0.2) is 5.82 Å². The molecule has 0 unspecified atom stereocenters. The maximum Gasteiger partial charge on any atom is 0.335 e. The van der Waals surface area contributed by atoms with Gasteiger partial charge in [-0.1, -0.05) is 0 Å². The Morgan fingerprint density at radius 1 is 1.32 bits per heavy atom. The Hall–Kier alpha value is -1.77. The van der Waals surface area contributed by atoms with Gasteiger partial charge in [-0.15, -0.1) is 0 Å². The van der Waals surface area contributed by atoms with Crippen LogP contribution in [0.4, 0.5) is 8.78 Å². The molecule has 1 heterocycles. The van der Waals surface area contributed by atoms with Crippen molar-refractivity contribution in [1.82, 2.24) is 4.98 Å². The molecule has 0 aliphatic carbocycles. The first-order valence-electron chi connectivity index (χ1n) is 4.99. The summed E-state index contributed by atoms with van der Waals surface area (Å²) < 4.78 is 31.8. The molecule has 7 heteroatoms. The quantitative estimate of drug-likeness (QED) is 0.833. The van der Waals surface area contributed by atoms with Crippen LogP contribution < -0.4 is 4.74 Å². The summed E-state index contributed by atoms with van der Waals surface area (Å²) in [5.41, 5.74) is -0.00191. The fourth-order valence-corrected chi connectivity index (χ4v) is 1.74. The number of ether oxygens (including phenoxy) is 1. The van der Waals surface area contributed by atoms with E-state index in [4.69, 9.17) is 9.84 Å². The number of pyridine rings is 1. The van der Waals surface area contributed by atoms with Crippen LogP contribution in [-0.4, -0.2) is 16.1 Å². The molecular formula is C12H6F2INO3. The first kappa shape index (κ1) is 13.7. The van der Waals surface area contributed by atoms with E-state index in [1.54, 1.807) is 0 Å². The Balaban J connectivity index is 2.37. The molecule has 0 fully saturated rings. The summed E-state index contributed by atoms with van der Waals surface area (Å²) in [5, 5.41) is 8.86. The lowest BCUT2D eigenvalue weighted by Crippen LogP contribution is -1.99. The number of aromatic nitrogens is 1. The van der Waals surface area contributed by atoms with Crippen LogP contribution in [-0.2, 0) is 0 Å². The van der Waals surface area contributed by atoms with Gasteiger partial charge in [-0.25, -0.2) is 18.6 Å². The summed E-state index contributed by atoms with van der Waals surface area (Å²) in [5.74, 6) is -3.19. The summed E-state index contributed by atoms with van der Waals surface area (Å²) in [6.45, 7) is 0. The van der Waals surface area contributed by atoms with E-state index in [9.17, 15) is 13.6 Å². The molecule has 2 aromatic rings. The zero-order chi connectivity index (χ0) is 14.0. The first-order valence-corrected chi connectivity index (χ1v) is 6.07. The molecule has 19 heavy (non-hydrogen) atoms. The third-order valence-corrected chi connectivity index (χ3v) is 3.05. The highest BCUT2D eigenvalue weighted by molar-refractivity contribution is 14.1. The summed E-state index contributed by atoms with van der Waals surface area (Å²) in [7, 11) is 0. The van der Waals surface area contributed by atoms with Crippen molar-refractivity contribution in [1.29, 1.82) is 0 Å². The monoisotopic (exact) mass is 377 g/mol. The standard InChI is InChI=1S/C12H6F2INO3/c13-7-4-8(14)11(16-5-7)19-10-3-6(12(17)18)1-2-9(10)15/h1-5H,(H,17,18). The van der Waals surface area contributed by atoms with E-state index >= 15 is 0 Å². The Kier molecular flexibility index (Phi) is 3.93. The minimum Gasteiger partial charge on any atom is -0.478 e. The first-order chi connectivity index (χ1) is 8.97. The molecule has 1 aromatic heterocycles. The van der Waals surface area contributed by atoms with Crippen LogP contribution in [0, 0.1) is 15.2 Å². The molecule has 0 saturated heterocycles. The van der Waals surface area contributed by atoms with Gasteiger partial charge in [0.25, 0.3) is 5.88 Å². The number of benzene rings is 1. The van der Waals surface area contributed by atoms with Crippen molar-refractivity contribution in [2.75, 3.05) is 0 Å². The molecule has 0 saturated carbocycles. The van der Waals surface area contributed by atoms with Gasteiger partial charge in [0.1, 0.15) is 11.6 Å². The zero-order valence-corrected chi connectivity index (χ0v) is 11.4. The largest absolute Gasteiger partial charge is 0.478 e. The number of nitrogens with zero attached hydrogens (tertiary/aromatic N) is 1. The Morgan fingerprint density at radius 3 is 2.68 bits per heavy atom. The Bertz CT molecular complexity index is 649. The lowest BCUT2D eigenvalue weighted by atomic mass is 10.2. The maximum atomic E-state index is 13.4. The van der Waals surface area contributed by atoms with Crippen LogP contribution in [0.5, 0.6) is 11.6 Å². The number of hydrogen-bond donors (Lipinski definition) is 1. The smallest absolute Gasteiger partial charge is 0.335 e. The van der Waals surface area contributed by atoms with Crippen molar-refractivity contribution < 1.29 is 23.4 Å². The molecule has 0 amide bonds. The van der Waals surface area contributed by atoms with Crippen LogP contribution in [0.25, 0.3) is 0 Å². The second kappa shape index (κ2) is 5.47. The number of carboxylic acids is 1. The van der Waals surface area contributed by atoms with Crippen molar-refractivity contribution in [2.45, 2.75) is 0 Å². The molecule has 1 N–H and O–H groups in total. The van der Waals surface area contributed by atoms with E-state index in [1.165, 1.54) is 18.2 Å². The number of carboxylic acid groups (broad SMARTS) is 1. The van der Waals surface area contributed by atoms with Crippen LogP contribution in [0.2, 0.25) is 0 Å². The number of hydrogen-bond acceptors (Lipinski definition) is 3. The highest BCUT2D eigenvalue weighted by Gasteiger charge is 2.12. The molecule has 2 rings (SSSR count). The van der Waals surface area contributed by atoms with Crippen molar-refractivity contribution in [3.8, 4) is 11.6 Å². The molecule has 0 spiro atoms. The van der Waals surface area contributed by atoms with Crippen molar-refractivity contribution in [3.05, 3.63) is 51.2 Å². The average molecular weight is 377 g/mol. The summed E-state index contributed by atoms with van der Waals surface area (Å²) in [4.78, 5) is 14.3. The second-order valence-electron chi connectivity index (χ2n) is 3.49. The lowest BCUT2D eigenvalue weighted by Gasteiger charge is -2.08. The SMILES string of the molecule is O=C(O)c1ccc(I)c(Oc2ncc(F)cc2F)c1. The third-order valence-electron chi connectivity index (χ3n) is 2.16. The number of halogens is 3. The van der Waals surface area contributed by atoms with E-state index in [0.717, 1.165) is 6.20 Å². The summed E-state index contributed by atoms with van der Waals surface area (Å²) >= 11 is 1.90. The molecule has 4 nitrogen and oxygen atoms in total. The molecule has 1 aromatic carbocycles. The molecule has 0 aliphatic rings. The van der Waals surface area contributed by atoms with E-state index in [-0.39, 0.29) is 11.3 Å². The second-order valence-corrected chi connectivity index (χ2v) is 4.66. The highest BCUT2D eigenvalue weighted by atomic mass is 127. The van der Waals surface area contributed by atoms with Gasteiger partial charge in [-0.05, 0) is 40.8 Å². The van der Waals surface area contributed by atoms with Gasteiger partial charge >= 0.3 is 5.97 Å². The van der Waals surface area contributed by atoms with E-state index in [2.05, 4.69) is 4.98 Å². The average Bonchev–Trinajstić information content (AvgIpc) is 2.34. The normalized spacial score (nSPS) is 10.3. The van der Waals surface area contributed by atoms with Crippen molar-refractivity contribution in [3.63, 3.8) is 0 Å². The van der Waals surface area contributed by atoms with Gasteiger partial charge in [0.2, 0.25) is 0 Å². The van der Waals surface area contributed by atoms with Gasteiger partial charge in [0.05, 0.1) is 15.3 Å². The molecule has 98 valence electrons. The van der Waals surface area contributed by atoms with Crippen LogP contribution in [0.1, 0.15) is 10.4 Å². The van der Waals surface area contributed by atoms with E-state index < -0.39 is 23.5 Å². The maximum absolute atomic E-state index is 13.4. The predicted octanol–water partition coefficient (Wildman–Crippen LogP) is 3.45. The molecule has 0 bridgehead atoms. The minimum atomic E-state index is -1.13. The topological polar surface area (TPSA) is 59.4 Å². The fourth-order valence-electron chi connectivity index (χ4n) is 1.30. The molecule has 0 aliphatic heterocycles. The van der Waals surface area contributed by atoms with E-state index in [0.29, 0.717) is 9.64 Å². The molecule has 0 atom stereocenters. The number of aromatic carboxylic acids is 1. The Labute approximate surface area is 120 Å². The highest BCUT2D eigenvalue weighted by Crippen LogP contribution is 2.28.